The van der Waals surface area contributed by atoms with Crippen LogP contribution in [0.15, 0.2) is 89.5 Å². The molecule has 0 amide bonds. The van der Waals surface area contributed by atoms with Gasteiger partial charge in [-0.05, 0) is 72.0 Å². The molecule has 3 heterocycles. The predicted octanol–water partition coefficient (Wildman–Crippen LogP) is 7.48. The molecule has 3 nitrogen and oxygen atoms in total. The number of benzene rings is 3. The van der Waals surface area contributed by atoms with Gasteiger partial charge in [-0.3, -0.25) is 4.98 Å². The minimum absolute atomic E-state index is 0.0111. The Kier molecular flexibility index (Phi) is 2.77. The molecule has 0 aliphatic heterocycles. The van der Waals surface area contributed by atoms with Crippen LogP contribution in [0.4, 0.5) is 0 Å². The number of pyridine rings is 2. The van der Waals surface area contributed by atoms with E-state index in [2.05, 4.69) is 9.97 Å². The van der Waals surface area contributed by atoms with Gasteiger partial charge in [0.2, 0.25) is 5.71 Å². The number of para-hydroxylation sites is 1. The standard InChI is InChI=1S/C28H20N2O/c1-17-6-8-20-15-21(10-9-19(20)14-17)22-12-13-29-26(16-22)25-5-3-4-23-24-11-7-18(2)30-28(24)31-27(23)25/h3-16H,1-2H3/i1D3,2D3. The van der Waals surface area contributed by atoms with Crippen molar-refractivity contribution >= 4 is 32.8 Å². The fourth-order valence-electron chi connectivity index (χ4n) is 4.06. The van der Waals surface area contributed by atoms with Crippen LogP contribution in [-0.2, 0) is 0 Å². The normalized spacial score (nSPS) is 15.2. The summed E-state index contributed by atoms with van der Waals surface area (Å²) in [7, 11) is 0. The molecule has 0 aliphatic rings. The second-order valence-electron chi connectivity index (χ2n) is 7.54. The Bertz CT molecular complexity index is 1820. The number of hydrogen-bond acceptors (Lipinski definition) is 3. The summed E-state index contributed by atoms with van der Waals surface area (Å²) in [5.74, 6) is 0. The Morgan fingerprint density at radius 2 is 1.68 bits per heavy atom. The first-order valence-electron chi connectivity index (χ1n) is 12.9. The molecule has 3 aromatic heterocycles. The first-order chi connectivity index (χ1) is 17.6. The molecular formula is C28H20N2O. The molecule has 0 spiro atoms. The highest BCUT2D eigenvalue weighted by molar-refractivity contribution is 6.08. The number of hydrogen-bond donors (Lipinski definition) is 0. The minimum atomic E-state index is -2.32. The minimum Gasteiger partial charge on any atom is -0.437 e. The Hall–Kier alpha value is -3.98. The fraction of sp³-hybridized carbons (Fsp3) is 0.0714. The average Bonchev–Trinajstić information content (AvgIpc) is 3.25. The molecule has 31 heavy (non-hydrogen) atoms. The van der Waals surface area contributed by atoms with Crippen LogP contribution in [0.3, 0.4) is 0 Å². The summed E-state index contributed by atoms with van der Waals surface area (Å²) in [4.78, 5) is 8.83. The lowest BCUT2D eigenvalue weighted by Crippen LogP contribution is -1.86. The Balaban J connectivity index is 1.44. The third-order valence-electron chi connectivity index (χ3n) is 5.57. The van der Waals surface area contributed by atoms with Crippen molar-refractivity contribution in [3.8, 4) is 22.4 Å². The summed E-state index contributed by atoms with van der Waals surface area (Å²) in [5.41, 5.74) is 4.57. The van der Waals surface area contributed by atoms with Crippen molar-refractivity contribution in [1.82, 2.24) is 9.97 Å². The van der Waals surface area contributed by atoms with Gasteiger partial charge in [-0.15, -0.1) is 0 Å². The Labute approximate surface area is 188 Å². The van der Waals surface area contributed by atoms with E-state index in [1.165, 1.54) is 6.07 Å². The van der Waals surface area contributed by atoms with Gasteiger partial charge in [-0.1, -0.05) is 48.0 Å². The zero-order valence-corrected chi connectivity index (χ0v) is 16.4. The SMILES string of the molecule is [2H]C([2H])([2H])c1ccc2cc(-c3ccnc(-c4cccc5c4oc4nc(C([2H])([2H])[2H])ccc45)c3)ccc2c1. The van der Waals surface area contributed by atoms with Crippen LogP contribution < -0.4 is 0 Å². The number of furan rings is 1. The highest BCUT2D eigenvalue weighted by Crippen LogP contribution is 2.35. The van der Waals surface area contributed by atoms with Crippen LogP contribution in [0.25, 0.3) is 55.2 Å². The maximum atomic E-state index is 7.65. The van der Waals surface area contributed by atoms with E-state index in [0.29, 0.717) is 16.8 Å². The van der Waals surface area contributed by atoms with E-state index in [1.807, 2.05) is 54.6 Å². The molecule has 148 valence electrons. The van der Waals surface area contributed by atoms with E-state index in [1.54, 1.807) is 24.4 Å². The molecule has 0 unspecified atom stereocenters. The van der Waals surface area contributed by atoms with Crippen molar-refractivity contribution < 1.29 is 12.6 Å². The van der Waals surface area contributed by atoms with E-state index in [4.69, 9.17) is 12.6 Å². The van der Waals surface area contributed by atoms with Gasteiger partial charge in [0.15, 0.2) is 0 Å². The lowest BCUT2D eigenvalue weighted by atomic mass is 9.99. The van der Waals surface area contributed by atoms with Crippen molar-refractivity contribution in [3.05, 3.63) is 96.3 Å². The van der Waals surface area contributed by atoms with Gasteiger partial charge >= 0.3 is 0 Å². The average molecular weight is 407 g/mol. The van der Waals surface area contributed by atoms with Crippen LogP contribution in [0.2, 0.25) is 0 Å². The highest BCUT2D eigenvalue weighted by atomic mass is 16.3. The summed E-state index contributed by atoms with van der Waals surface area (Å²) in [6.45, 7) is -4.46. The number of rotatable bonds is 2. The van der Waals surface area contributed by atoms with Crippen LogP contribution >= 0.6 is 0 Å². The van der Waals surface area contributed by atoms with Gasteiger partial charge in [0.25, 0.3) is 0 Å². The maximum Gasteiger partial charge on any atom is 0.227 e. The molecule has 0 aliphatic carbocycles. The van der Waals surface area contributed by atoms with Crippen molar-refractivity contribution in [1.29, 1.82) is 0 Å². The first kappa shape index (κ1) is 12.7. The number of fused-ring (bicyclic) bond motifs is 4. The smallest absolute Gasteiger partial charge is 0.227 e. The van der Waals surface area contributed by atoms with E-state index in [-0.39, 0.29) is 11.4 Å². The van der Waals surface area contributed by atoms with Crippen molar-refractivity contribution in [2.75, 3.05) is 0 Å². The second kappa shape index (κ2) is 6.78. The lowest BCUT2D eigenvalue weighted by molar-refractivity contribution is 0.653. The fourth-order valence-corrected chi connectivity index (χ4v) is 4.06. The quantitative estimate of drug-likeness (QED) is 0.299. The van der Waals surface area contributed by atoms with E-state index < -0.39 is 13.7 Å². The molecule has 0 N–H and O–H groups in total. The van der Waals surface area contributed by atoms with Crippen molar-refractivity contribution in [2.24, 2.45) is 0 Å². The van der Waals surface area contributed by atoms with Gasteiger partial charge in [-0.25, -0.2) is 4.98 Å². The molecule has 0 fully saturated rings. The van der Waals surface area contributed by atoms with Gasteiger partial charge in [0.05, 0.1) is 5.69 Å². The van der Waals surface area contributed by atoms with Crippen LogP contribution in [0.5, 0.6) is 0 Å². The van der Waals surface area contributed by atoms with E-state index >= 15 is 0 Å². The third-order valence-corrected chi connectivity index (χ3v) is 5.57. The molecule has 0 atom stereocenters. The van der Waals surface area contributed by atoms with Crippen LogP contribution in [0, 0.1) is 13.7 Å². The summed E-state index contributed by atoms with van der Waals surface area (Å²) >= 11 is 0. The van der Waals surface area contributed by atoms with Crippen LogP contribution in [-0.4, -0.2) is 9.97 Å². The van der Waals surface area contributed by atoms with Gasteiger partial charge in [0.1, 0.15) is 5.58 Å². The molecule has 6 aromatic rings. The summed E-state index contributed by atoms with van der Waals surface area (Å²) in [6, 6.07) is 24.0. The summed E-state index contributed by atoms with van der Waals surface area (Å²) in [5, 5.41) is 3.38. The van der Waals surface area contributed by atoms with Crippen LogP contribution in [0.1, 0.15) is 19.5 Å². The maximum absolute atomic E-state index is 7.65. The zero-order valence-electron chi connectivity index (χ0n) is 22.4. The monoisotopic (exact) mass is 406 g/mol. The number of aromatic nitrogens is 2. The zero-order chi connectivity index (χ0) is 25.9. The predicted molar refractivity (Wildman–Crippen MR) is 127 cm³/mol. The Morgan fingerprint density at radius 1 is 0.774 bits per heavy atom. The van der Waals surface area contributed by atoms with Gasteiger partial charge in [-0.2, -0.15) is 0 Å². The molecular weight excluding hydrogens is 380 g/mol. The largest absolute Gasteiger partial charge is 0.437 e. The third kappa shape index (κ3) is 2.98. The molecule has 0 saturated carbocycles. The summed E-state index contributed by atoms with van der Waals surface area (Å²) in [6.07, 6.45) is 1.74. The number of nitrogens with zero attached hydrogens (tertiary/aromatic N) is 2. The summed E-state index contributed by atoms with van der Waals surface area (Å²) < 4.78 is 52.0. The Morgan fingerprint density at radius 3 is 2.61 bits per heavy atom. The highest BCUT2D eigenvalue weighted by Gasteiger charge is 2.14. The lowest BCUT2D eigenvalue weighted by Gasteiger charge is -2.08. The van der Waals surface area contributed by atoms with Crippen molar-refractivity contribution in [2.45, 2.75) is 13.7 Å². The molecule has 0 saturated heterocycles. The van der Waals surface area contributed by atoms with E-state index in [9.17, 15) is 0 Å². The molecule has 0 radical (unpaired) electrons. The second-order valence-corrected chi connectivity index (χ2v) is 7.54. The van der Waals surface area contributed by atoms with Gasteiger partial charge < -0.3 is 4.42 Å². The first-order valence-corrected chi connectivity index (χ1v) is 9.92. The number of aryl methyl sites for hydroxylation is 2. The molecule has 3 heteroatoms. The van der Waals surface area contributed by atoms with Gasteiger partial charge in [0, 0.05) is 36.5 Å². The molecule has 6 rings (SSSR count). The van der Waals surface area contributed by atoms with Crippen molar-refractivity contribution in [3.63, 3.8) is 0 Å². The topological polar surface area (TPSA) is 38.9 Å². The molecule has 0 bridgehead atoms. The van der Waals surface area contributed by atoms with E-state index in [0.717, 1.165) is 38.2 Å². The molecule has 3 aromatic carbocycles.